The highest BCUT2D eigenvalue weighted by molar-refractivity contribution is 5.84. The first kappa shape index (κ1) is 58.7. The van der Waals surface area contributed by atoms with Gasteiger partial charge in [0.25, 0.3) is 0 Å². The van der Waals surface area contributed by atoms with Crippen LogP contribution < -0.4 is 28.4 Å². The quantitative estimate of drug-likeness (QED) is 0.0369. The number of benzene rings is 8. The van der Waals surface area contributed by atoms with Crippen molar-refractivity contribution in [2.75, 3.05) is 26.4 Å². The van der Waals surface area contributed by atoms with Gasteiger partial charge >= 0.3 is 0 Å². The third kappa shape index (κ3) is 17.8. The molecule has 8 aromatic rings. The molecule has 0 heterocycles. The van der Waals surface area contributed by atoms with E-state index in [-0.39, 0.29) is 0 Å². The molecular formula is C74H86O6. The molecular weight excluding hydrogens is 985 g/mol. The summed E-state index contributed by atoms with van der Waals surface area (Å²) in [6.45, 7) is 12.6. The van der Waals surface area contributed by atoms with Crippen molar-refractivity contribution in [3.05, 3.63) is 193 Å². The molecule has 0 saturated heterocycles. The van der Waals surface area contributed by atoms with Gasteiger partial charge in [-0.25, -0.2) is 0 Å². The van der Waals surface area contributed by atoms with Crippen molar-refractivity contribution < 1.29 is 28.4 Å². The standard InChI is InChI=1S/C74H86O6/c1-5-9-13-23-47-75-71-53-69(63-39-43-65(44-40-63)79-55-57-27-19-17-20-28-57)73(77-49-25-15-11-7-3)51-67(71)61-35-31-59(32-36-61)60-33-37-62(38-34-60)68-52-74(78-50-26-16-12-8-4)70(54-72(68)76-48-24-14-10-6-2)64-41-45-66(46-42-64)80-56-58-29-21-18-22-30-58/h17-22,27-46,51-54H,5-16,23-26,47-50,55-56H2,1-4H3. The predicted octanol–water partition coefficient (Wildman–Crippen LogP) is 21.0. The van der Waals surface area contributed by atoms with Gasteiger partial charge < -0.3 is 28.4 Å². The van der Waals surface area contributed by atoms with E-state index in [4.69, 9.17) is 28.4 Å². The van der Waals surface area contributed by atoms with Crippen LogP contribution in [0.3, 0.4) is 0 Å². The molecule has 0 aliphatic heterocycles. The largest absolute Gasteiger partial charge is 0.493 e. The van der Waals surface area contributed by atoms with Gasteiger partial charge in [-0.3, -0.25) is 0 Å². The minimum atomic E-state index is 0.519. The average molecular weight is 1070 g/mol. The highest BCUT2D eigenvalue weighted by Gasteiger charge is 2.19. The van der Waals surface area contributed by atoms with Crippen LogP contribution in [0.4, 0.5) is 0 Å². The van der Waals surface area contributed by atoms with Crippen LogP contribution in [0, 0.1) is 0 Å². The first-order valence-corrected chi connectivity index (χ1v) is 30.2. The van der Waals surface area contributed by atoms with Crippen molar-refractivity contribution in [3.8, 4) is 90.1 Å². The minimum absolute atomic E-state index is 0.519. The number of rotatable bonds is 35. The lowest BCUT2D eigenvalue weighted by Crippen LogP contribution is -2.03. The summed E-state index contributed by atoms with van der Waals surface area (Å²) in [6.07, 6.45) is 18.1. The molecule has 0 aromatic heterocycles. The Kier molecular flexibility index (Phi) is 23.9. The second-order valence-electron chi connectivity index (χ2n) is 21.1. The van der Waals surface area contributed by atoms with Crippen LogP contribution in [0.25, 0.3) is 55.6 Å². The van der Waals surface area contributed by atoms with Gasteiger partial charge in [0.05, 0.1) is 26.4 Å². The molecule has 0 amide bonds. The Morgan fingerprint density at radius 2 is 0.487 bits per heavy atom. The second kappa shape index (κ2) is 32.6. The topological polar surface area (TPSA) is 55.4 Å². The normalized spacial score (nSPS) is 11.1. The van der Waals surface area contributed by atoms with Gasteiger partial charge in [-0.2, -0.15) is 0 Å². The number of hydrogen-bond donors (Lipinski definition) is 0. The monoisotopic (exact) mass is 1070 g/mol. The Hall–Kier alpha value is -7.44. The number of unbranched alkanes of at least 4 members (excludes halogenated alkanes) is 12. The van der Waals surface area contributed by atoms with Crippen LogP contribution in [0.2, 0.25) is 0 Å². The molecule has 6 heteroatoms. The van der Waals surface area contributed by atoms with Gasteiger partial charge in [0.15, 0.2) is 0 Å². The fourth-order valence-corrected chi connectivity index (χ4v) is 9.97. The van der Waals surface area contributed by atoms with Gasteiger partial charge in [-0.15, -0.1) is 0 Å². The highest BCUT2D eigenvalue weighted by atomic mass is 16.5. The van der Waals surface area contributed by atoms with Crippen molar-refractivity contribution in [1.82, 2.24) is 0 Å². The molecule has 8 aromatic carbocycles. The van der Waals surface area contributed by atoms with Crippen LogP contribution in [0.5, 0.6) is 34.5 Å². The zero-order chi connectivity index (χ0) is 55.4. The summed E-state index contributed by atoms with van der Waals surface area (Å²) < 4.78 is 39.3. The van der Waals surface area contributed by atoms with E-state index in [0.717, 1.165) is 153 Å². The molecule has 0 radical (unpaired) electrons. The third-order valence-corrected chi connectivity index (χ3v) is 14.7. The Morgan fingerprint density at radius 3 is 0.750 bits per heavy atom. The lowest BCUT2D eigenvalue weighted by molar-refractivity contribution is 0.299. The summed E-state index contributed by atoms with van der Waals surface area (Å²) in [5, 5.41) is 0. The molecule has 0 N–H and O–H groups in total. The molecule has 0 atom stereocenters. The summed E-state index contributed by atoms with van der Waals surface area (Å²) in [4.78, 5) is 0. The number of hydrogen-bond acceptors (Lipinski definition) is 6. The van der Waals surface area contributed by atoms with Crippen LogP contribution in [0.1, 0.15) is 142 Å². The van der Waals surface area contributed by atoms with Crippen LogP contribution in [-0.2, 0) is 13.2 Å². The summed E-state index contributed by atoms with van der Waals surface area (Å²) >= 11 is 0. The Bertz CT molecular complexity index is 2800. The van der Waals surface area contributed by atoms with Gasteiger partial charge in [0, 0.05) is 22.3 Å². The van der Waals surface area contributed by atoms with Crippen molar-refractivity contribution in [1.29, 1.82) is 0 Å². The third-order valence-electron chi connectivity index (χ3n) is 14.7. The maximum Gasteiger partial charge on any atom is 0.128 e. The van der Waals surface area contributed by atoms with Gasteiger partial charge in [-0.05, 0) is 119 Å². The van der Waals surface area contributed by atoms with E-state index in [1.54, 1.807) is 0 Å². The summed E-state index contributed by atoms with van der Waals surface area (Å²) in [5.41, 5.74) is 12.9. The Balaban J connectivity index is 1.08. The molecule has 0 unspecified atom stereocenters. The van der Waals surface area contributed by atoms with Gasteiger partial charge in [0.1, 0.15) is 47.7 Å². The maximum absolute atomic E-state index is 6.75. The molecule has 0 saturated carbocycles. The lowest BCUT2D eigenvalue weighted by atomic mass is 9.94. The molecule has 0 bridgehead atoms. The molecule has 6 nitrogen and oxygen atoms in total. The maximum atomic E-state index is 6.75. The smallest absolute Gasteiger partial charge is 0.128 e. The Labute approximate surface area is 479 Å². The van der Waals surface area contributed by atoms with Crippen LogP contribution in [-0.4, -0.2) is 26.4 Å². The molecule has 0 fully saturated rings. The fraction of sp³-hybridized carbons (Fsp3) is 0.351. The van der Waals surface area contributed by atoms with E-state index in [1.807, 2.05) is 36.4 Å². The summed E-state index contributed by atoms with van der Waals surface area (Å²) in [6, 6.07) is 63.9. The molecule has 0 aliphatic rings. The zero-order valence-electron chi connectivity index (χ0n) is 48.3. The molecule has 418 valence electrons. The van der Waals surface area contributed by atoms with Crippen molar-refractivity contribution in [3.63, 3.8) is 0 Å². The van der Waals surface area contributed by atoms with Crippen LogP contribution >= 0.6 is 0 Å². The van der Waals surface area contributed by atoms with Crippen molar-refractivity contribution in [2.45, 2.75) is 144 Å². The van der Waals surface area contributed by atoms with Gasteiger partial charge in [0.2, 0.25) is 0 Å². The molecule has 80 heavy (non-hydrogen) atoms. The lowest BCUT2D eigenvalue weighted by Gasteiger charge is -2.19. The molecule has 0 aliphatic carbocycles. The van der Waals surface area contributed by atoms with E-state index in [9.17, 15) is 0 Å². The predicted molar refractivity (Wildman–Crippen MR) is 334 cm³/mol. The summed E-state index contributed by atoms with van der Waals surface area (Å²) in [5.74, 6) is 5.10. The average Bonchev–Trinajstić information content (AvgIpc) is 3.56. The number of ether oxygens (including phenoxy) is 6. The molecule has 8 rings (SSSR count). The van der Waals surface area contributed by atoms with E-state index < -0.39 is 0 Å². The SMILES string of the molecule is CCCCCCOc1cc(-c2ccc(-c3ccc(-c4cc(OCCCCCC)c(-c5ccc(OCc6ccccc6)cc5)cc4OCCCCCC)cc3)cc2)c(OCCCCCC)cc1-c1ccc(OCc2ccccc2)cc1. The first-order valence-electron chi connectivity index (χ1n) is 30.2. The van der Waals surface area contributed by atoms with Crippen LogP contribution in [0.15, 0.2) is 182 Å². The van der Waals surface area contributed by atoms with Crippen molar-refractivity contribution >= 4 is 0 Å². The van der Waals surface area contributed by atoms with Crippen molar-refractivity contribution in [2.24, 2.45) is 0 Å². The van der Waals surface area contributed by atoms with E-state index >= 15 is 0 Å². The molecule has 0 spiro atoms. The van der Waals surface area contributed by atoms with E-state index in [0.29, 0.717) is 39.6 Å². The van der Waals surface area contributed by atoms with Gasteiger partial charge in [-0.1, -0.05) is 238 Å². The zero-order valence-corrected chi connectivity index (χ0v) is 48.3. The van der Waals surface area contributed by atoms with E-state index in [2.05, 4.69) is 173 Å². The summed E-state index contributed by atoms with van der Waals surface area (Å²) in [7, 11) is 0. The first-order chi connectivity index (χ1) is 39.5. The highest BCUT2D eigenvalue weighted by Crippen LogP contribution is 2.44. The fourth-order valence-electron chi connectivity index (χ4n) is 9.97. The van der Waals surface area contributed by atoms with E-state index in [1.165, 1.54) is 51.4 Å². The second-order valence-corrected chi connectivity index (χ2v) is 21.1. The Morgan fingerprint density at radius 1 is 0.237 bits per heavy atom. The minimum Gasteiger partial charge on any atom is -0.493 e.